The number of likely N-dealkylation sites (N-methyl/N-ethyl adjacent to an activating group) is 1. The van der Waals surface area contributed by atoms with Crippen LogP contribution in [-0.4, -0.2) is 37.1 Å². The number of carbonyl (C=O) groups excluding carboxylic acids is 1. The molecule has 0 aliphatic carbocycles. The molecule has 0 aromatic heterocycles. The number of carbonyl (C=O) groups is 1. The van der Waals surface area contributed by atoms with Crippen LogP contribution in [0.1, 0.15) is 26.7 Å². The number of nitriles is 1. The van der Waals surface area contributed by atoms with Crippen LogP contribution in [-0.2, 0) is 9.53 Å². The minimum absolute atomic E-state index is 0.157. The zero-order valence-corrected chi connectivity index (χ0v) is 9.12. The monoisotopic (exact) mass is 198 g/mol. The van der Waals surface area contributed by atoms with E-state index in [2.05, 4.69) is 10.8 Å². The van der Waals surface area contributed by atoms with Gasteiger partial charge in [-0.3, -0.25) is 9.69 Å². The van der Waals surface area contributed by atoms with E-state index >= 15 is 0 Å². The highest BCUT2D eigenvalue weighted by Gasteiger charge is 2.17. The van der Waals surface area contributed by atoms with E-state index in [1.54, 1.807) is 0 Å². The summed E-state index contributed by atoms with van der Waals surface area (Å²) in [5, 5.41) is 8.61. The van der Waals surface area contributed by atoms with Gasteiger partial charge in [-0.15, -0.1) is 0 Å². The van der Waals surface area contributed by atoms with Crippen molar-refractivity contribution in [2.45, 2.75) is 32.7 Å². The number of hydrogen-bond donors (Lipinski definition) is 0. The molecule has 0 aromatic carbocycles. The number of methoxy groups -OCH3 is 1. The van der Waals surface area contributed by atoms with Crippen molar-refractivity contribution in [3.8, 4) is 6.07 Å². The summed E-state index contributed by atoms with van der Waals surface area (Å²) in [6.07, 6.45) is 1.33. The van der Waals surface area contributed by atoms with Crippen molar-refractivity contribution in [2.24, 2.45) is 0 Å². The summed E-state index contributed by atoms with van der Waals surface area (Å²) >= 11 is 0. The summed E-state index contributed by atoms with van der Waals surface area (Å²) in [6, 6.07) is 2.29. The molecule has 4 heteroatoms. The molecule has 0 bridgehead atoms. The summed E-state index contributed by atoms with van der Waals surface area (Å²) in [5.41, 5.74) is 0. The van der Waals surface area contributed by atoms with E-state index in [0.29, 0.717) is 6.42 Å². The Balaban J connectivity index is 4.22. The quantitative estimate of drug-likeness (QED) is 0.601. The maximum atomic E-state index is 11.1. The standard InChI is InChI=1S/C10H18N2O2/c1-4-9(6-7-11)12(5-2)8-10(13)14-3/h9H,4-6,8H2,1-3H3. The lowest BCUT2D eigenvalue weighted by atomic mass is 10.1. The second-order valence-corrected chi connectivity index (χ2v) is 3.06. The number of nitrogens with zero attached hydrogens (tertiary/aromatic N) is 2. The molecule has 0 saturated carbocycles. The number of ether oxygens (including phenoxy) is 1. The minimum Gasteiger partial charge on any atom is -0.468 e. The van der Waals surface area contributed by atoms with E-state index < -0.39 is 0 Å². The Morgan fingerprint density at radius 2 is 2.21 bits per heavy atom. The number of hydrogen-bond acceptors (Lipinski definition) is 4. The van der Waals surface area contributed by atoms with Crippen molar-refractivity contribution in [2.75, 3.05) is 20.2 Å². The first-order valence-electron chi connectivity index (χ1n) is 4.87. The maximum absolute atomic E-state index is 11.1. The zero-order chi connectivity index (χ0) is 11.0. The molecular formula is C10H18N2O2. The van der Waals surface area contributed by atoms with Gasteiger partial charge in [0.1, 0.15) is 0 Å². The first-order chi connectivity index (χ1) is 6.69. The molecule has 0 saturated heterocycles. The topological polar surface area (TPSA) is 53.3 Å². The second kappa shape index (κ2) is 7.34. The molecular weight excluding hydrogens is 180 g/mol. The highest BCUT2D eigenvalue weighted by Crippen LogP contribution is 2.07. The molecule has 0 amide bonds. The molecule has 0 aliphatic rings. The van der Waals surface area contributed by atoms with E-state index in [-0.39, 0.29) is 18.6 Å². The van der Waals surface area contributed by atoms with Crippen molar-refractivity contribution < 1.29 is 9.53 Å². The Kier molecular flexibility index (Phi) is 6.77. The first-order valence-corrected chi connectivity index (χ1v) is 4.87. The van der Waals surface area contributed by atoms with E-state index in [0.717, 1.165) is 13.0 Å². The van der Waals surface area contributed by atoms with Crippen LogP contribution in [0, 0.1) is 11.3 Å². The van der Waals surface area contributed by atoms with Crippen LogP contribution in [0.25, 0.3) is 0 Å². The predicted octanol–water partition coefficient (Wildman–Crippen LogP) is 1.17. The third-order valence-corrected chi connectivity index (χ3v) is 2.28. The van der Waals surface area contributed by atoms with Crippen molar-refractivity contribution in [3.05, 3.63) is 0 Å². The molecule has 14 heavy (non-hydrogen) atoms. The molecule has 0 radical (unpaired) electrons. The van der Waals surface area contributed by atoms with Gasteiger partial charge in [0.15, 0.2) is 0 Å². The molecule has 0 N–H and O–H groups in total. The smallest absolute Gasteiger partial charge is 0.319 e. The highest BCUT2D eigenvalue weighted by molar-refractivity contribution is 5.71. The summed E-state index contributed by atoms with van der Waals surface area (Å²) in [5.74, 6) is -0.247. The molecule has 0 aromatic rings. The summed E-state index contributed by atoms with van der Waals surface area (Å²) in [4.78, 5) is 13.0. The van der Waals surface area contributed by atoms with E-state index in [9.17, 15) is 4.79 Å². The SMILES string of the molecule is CCC(CC#N)N(CC)CC(=O)OC. The molecule has 80 valence electrons. The summed E-state index contributed by atoms with van der Waals surface area (Å²) < 4.78 is 4.59. The van der Waals surface area contributed by atoms with Gasteiger partial charge in [0.2, 0.25) is 0 Å². The maximum Gasteiger partial charge on any atom is 0.319 e. The summed E-state index contributed by atoms with van der Waals surface area (Å²) in [7, 11) is 1.38. The van der Waals surface area contributed by atoms with Gasteiger partial charge in [-0.2, -0.15) is 5.26 Å². The van der Waals surface area contributed by atoms with Crippen LogP contribution in [0.4, 0.5) is 0 Å². The fraction of sp³-hybridized carbons (Fsp3) is 0.800. The Bertz CT molecular complexity index is 211. The largest absolute Gasteiger partial charge is 0.468 e. The fourth-order valence-corrected chi connectivity index (χ4v) is 1.37. The van der Waals surface area contributed by atoms with Gasteiger partial charge in [0.05, 0.1) is 26.1 Å². The molecule has 4 nitrogen and oxygen atoms in total. The van der Waals surface area contributed by atoms with Gasteiger partial charge < -0.3 is 4.74 Å². The van der Waals surface area contributed by atoms with Crippen LogP contribution in [0.3, 0.4) is 0 Å². The van der Waals surface area contributed by atoms with Crippen LogP contribution in [0.2, 0.25) is 0 Å². The van der Waals surface area contributed by atoms with Gasteiger partial charge in [0, 0.05) is 6.04 Å². The molecule has 0 rings (SSSR count). The molecule has 0 aliphatic heterocycles. The van der Waals surface area contributed by atoms with Crippen LogP contribution in [0.15, 0.2) is 0 Å². The normalized spacial score (nSPS) is 12.2. The van der Waals surface area contributed by atoms with Gasteiger partial charge in [-0.25, -0.2) is 0 Å². The molecule has 0 fully saturated rings. The van der Waals surface area contributed by atoms with E-state index in [4.69, 9.17) is 5.26 Å². The van der Waals surface area contributed by atoms with E-state index in [1.807, 2.05) is 18.7 Å². The second-order valence-electron chi connectivity index (χ2n) is 3.06. The lowest BCUT2D eigenvalue weighted by molar-refractivity contribution is -0.142. The average molecular weight is 198 g/mol. The van der Waals surface area contributed by atoms with E-state index in [1.165, 1.54) is 7.11 Å². The molecule has 0 heterocycles. The predicted molar refractivity (Wildman–Crippen MR) is 53.6 cm³/mol. The Morgan fingerprint density at radius 1 is 1.57 bits per heavy atom. The average Bonchev–Trinajstić information content (AvgIpc) is 2.22. The molecule has 1 unspecified atom stereocenters. The highest BCUT2D eigenvalue weighted by atomic mass is 16.5. The van der Waals surface area contributed by atoms with Gasteiger partial charge in [0.25, 0.3) is 0 Å². The van der Waals surface area contributed by atoms with Crippen LogP contribution < -0.4 is 0 Å². The number of rotatable bonds is 6. The summed E-state index contributed by atoms with van der Waals surface area (Å²) in [6.45, 7) is 5.02. The van der Waals surface area contributed by atoms with Crippen molar-refractivity contribution >= 4 is 5.97 Å². The lowest BCUT2D eigenvalue weighted by Crippen LogP contribution is -2.38. The van der Waals surface area contributed by atoms with Crippen LogP contribution in [0.5, 0.6) is 0 Å². The fourth-order valence-electron chi connectivity index (χ4n) is 1.37. The third kappa shape index (κ3) is 4.24. The number of esters is 1. The van der Waals surface area contributed by atoms with Gasteiger partial charge in [-0.05, 0) is 13.0 Å². The molecule has 1 atom stereocenters. The molecule has 0 spiro atoms. The minimum atomic E-state index is -0.247. The van der Waals surface area contributed by atoms with Gasteiger partial charge >= 0.3 is 5.97 Å². The lowest BCUT2D eigenvalue weighted by Gasteiger charge is -2.26. The zero-order valence-electron chi connectivity index (χ0n) is 9.12. The van der Waals surface area contributed by atoms with Crippen molar-refractivity contribution in [3.63, 3.8) is 0 Å². The van der Waals surface area contributed by atoms with Crippen LogP contribution >= 0.6 is 0 Å². The first kappa shape index (κ1) is 12.9. The third-order valence-electron chi connectivity index (χ3n) is 2.28. The Hall–Kier alpha value is -1.08. The van der Waals surface area contributed by atoms with Crippen molar-refractivity contribution in [1.29, 1.82) is 5.26 Å². The van der Waals surface area contributed by atoms with Crippen molar-refractivity contribution in [1.82, 2.24) is 4.90 Å². The Labute approximate surface area is 85.5 Å². The Morgan fingerprint density at radius 3 is 2.57 bits per heavy atom. The van der Waals surface area contributed by atoms with Gasteiger partial charge in [-0.1, -0.05) is 13.8 Å².